The van der Waals surface area contributed by atoms with E-state index in [9.17, 15) is 9.46 Å². The van der Waals surface area contributed by atoms with Gasteiger partial charge in [-0.25, -0.2) is 0 Å². The first-order valence-corrected chi connectivity index (χ1v) is 7.29. The quantitative estimate of drug-likeness (QED) is 0.695. The molecule has 5 heteroatoms. The molecule has 2 unspecified atom stereocenters. The molecule has 0 fully saturated rings. The molecule has 0 radical (unpaired) electrons. The zero-order chi connectivity index (χ0) is 13.1. The molecule has 0 aliphatic carbocycles. The van der Waals surface area contributed by atoms with Crippen molar-refractivity contribution in [3.05, 3.63) is 30.3 Å². The molecule has 3 N–H and O–H groups in total. The monoisotopic (exact) mass is 257 g/mol. The van der Waals surface area contributed by atoms with Crippen LogP contribution < -0.4 is 10.6 Å². The zero-order valence-electron chi connectivity index (χ0n) is 10.4. The van der Waals surface area contributed by atoms with Crippen molar-refractivity contribution in [3.63, 3.8) is 0 Å². The number of hydrogen-bond donors (Lipinski definition) is 3. The van der Waals surface area contributed by atoms with Gasteiger partial charge in [0.05, 0.1) is 12.4 Å². The van der Waals surface area contributed by atoms with Crippen LogP contribution in [0, 0.1) is 0 Å². The minimum absolute atomic E-state index is 0.0911. The fraction of sp³-hybridized carbons (Fsp3) is 0.500. The topological polar surface area (TPSA) is 69.6 Å². The van der Waals surface area contributed by atoms with Crippen molar-refractivity contribution in [2.24, 2.45) is 0 Å². The number of hydrogen-bond acceptors (Lipinski definition) is 3. The third-order valence-electron chi connectivity index (χ3n) is 2.65. The van der Waals surface area contributed by atoms with Crippen LogP contribution in [0.2, 0.25) is 0 Å². The molecule has 17 heavy (non-hydrogen) atoms. The van der Waals surface area contributed by atoms with Gasteiger partial charge in [0.2, 0.25) is 7.37 Å². The van der Waals surface area contributed by atoms with E-state index in [1.807, 2.05) is 0 Å². The number of rotatable bonds is 5. The molecule has 1 aromatic carbocycles. The van der Waals surface area contributed by atoms with Gasteiger partial charge >= 0.3 is 0 Å². The first kappa shape index (κ1) is 14.4. The van der Waals surface area contributed by atoms with Crippen molar-refractivity contribution < 1.29 is 14.6 Å². The Morgan fingerprint density at radius 1 is 1.35 bits per heavy atom. The molecular weight excluding hydrogens is 237 g/mol. The molecule has 0 amide bonds. The SMILES string of the molecule is CC(NC(C)(C)CO)P(=O)(O)c1ccccc1. The summed E-state index contributed by atoms with van der Waals surface area (Å²) in [5, 5.41) is 12.6. The summed E-state index contributed by atoms with van der Waals surface area (Å²) in [6, 6.07) is 8.57. The van der Waals surface area contributed by atoms with Gasteiger partial charge in [-0.05, 0) is 32.9 Å². The highest BCUT2D eigenvalue weighted by Gasteiger charge is 2.32. The Morgan fingerprint density at radius 3 is 2.35 bits per heavy atom. The standard InChI is InChI=1S/C12H20NO3P/c1-10(13-12(2,3)9-14)17(15,16)11-7-5-4-6-8-11/h4-8,10,13-14H,9H2,1-3H3,(H,15,16). The summed E-state index contributed by atoms with van der Waals surface area (Å²) in [7, 11) is -3.47. The van der Waals surface area contributed by atoms with Crippen molar-refractivity contribution in [2.75, 3.05) is 6.61 Å². The number of nitrogens with one attached hydrogen (secondary N) is 1. The van der Waals surface area contributed by atoms with Crippen molar-refractivity contribution >= 4 is 12.7 Å². The van der Waals surface area contributed by atoms with E-state index < -0.39 is 18.7 Å². The van der Waals surface area contributed by atoms with E-state index in [0.717, 1.165) is 0 Å². The molecule has 0 aromatic heterocycles. The molecule has 2 atom stereocenters. The van der Waals surface area contributed by atoms with E-state index in [2.05, 4.69) is 5.32 Å². The lowest BCUT2D eigenvalue weighted by molar-refractivity contribution is 0.185. The molecule has 0 saturated heterocycles. The third-order valence-corrected chi connectivity index (χ3v) is 4.86. The summed E-state index contributed by atoms with van der Waals surface area (Å²) < 4.78 is 12.3. The van der Waals surface area contributed by atoms with Gasteiger partial charge in [-0.15, -0.1) is 0 Å². The highest BCUT2D eigenvalue weighted by atomic mass is 31.2. The number of aliphatic hydroxyl groups excluding tert-OH is 1. The van der Waals surface area contributed by atoms with Crippen LogP contribution in [0.4, 0.5) is 0 Å². The average Bonchev–Trinajstić information content (AvgIpc) is 2.29. The van der Waals surface area contributed by atoms with Crippen LogP contribution >= 0.6 is 7.37 Å². The summed E-state index contributed by atoms with van der Waals surface area (Å²) in [6.45, 7) is 5.14. The summed E-state index contributed by atoms with van der Waals surface area (Å²) in [5.41, 5.74) is -0.577. The van der Waals surface area contributed by atoms with Gasteiger partial charge < -0.3 is 10.00 Å². The number of aliphatic hydroxyl groups is 1. The predicted molar refractivity (Wildman–Crippen MR) is 69.7 cm³/mol. The summed E-state index contributed by atoms with van der Waals surface area (Å²) in [5.74, 6) is -0.605. The first-order chi connectivity index (χ1) is 7.79. The molecule has 96 valence electrons. The Hall–Kier alpha value is -0.670. The highest BCUT2D eigenvalue weighted by Crippen LogP contribution is 2.44. The lowest BCUT2D eigenvalue weighted by Gasteiger charge is -2.30. The second-order valence-electron chi connectivity index (χ2n) is 4.82. The van der Waals surface area contributed by atoms with Gasteiger partial charge in [-0.1, -0.05) is 18.2 Å². The molecule has 0 saturated carbocycles. The lowest BCUT2D eigenvalue weighted by atomic mass is 10.1. The van der Waals surface area contributed by atoms with Gasteiger partial charge in [0.25, 0.3) is 0 Å². The van der Waals surface area contributed by atoms with E-state index >= 15 is 0 Å². The van der Waals surface area contributed by atoms with Crippen LogP contribution in [0.1, 0.15) is 20.8 Å². The highest BCUT2D eigenvalue weighted by molar-refractivity contribution is 7.66. The Kier molecular flexibility index (Phi) is 4.50. The van der Waals surface area contributed by atoms with E-state index in [-0.39, 0.29) is 6.61 Å². The zero-order valence-corrected chi connectivity index (χ0v) is 11.3. The second-order valence-corrected chi connectivity index (χ2v) is 7.36. The first-order valence-electron chi connectivity index (χ1n) is 5.56. The van der Waals surface area contributed by atoms with E-state index in [0.29, 0.717) is 5.30 Å². The normalized spacial score (nSPS) is 17.5. The summed E-state index contributed by atoms with van der Waals surface area (Å²) in [6.07, 6.45) is 0. The molecule has 0 heterocycles. The Balaban J connectivity index is 2.88. The molecule has 0 aliphatic rings. The van der Waals surface area contributed by atoms with Gasteiger partial charge in [0.15, 0.2) is 0 Å². The molecule has 0 spiro atoms. The van der Waals surface area contributed by atoms with Gasteiger partial charge in [0, 0.05) is 10.8 Å². The molecule has 1 aromatic rings. The third kappa shape index (κ3) is 3.65. The molecular formula is C12H20NO3P. The maximum atomic E-state index is 12.3. The number of benzene rings is 1. The fourth-order valence-corrected chi connectivity index (χ4v) is 3.13. The largest absolute Gasteiger partial charge is 0.394 e. The van der Waals surface area contributed by atoms with Crippen LogP contribution in [0.5, 0.6) is 0 Å². The van der Waals surface area contributed by atoms with Crippen LogP contribution in [0.25, 0.3) is 0 Å². The molecule has 0 aliphatic heterocycles. The molecule has 0 bridgehead atoms. The van der Waals surface area contributed by atoms with Crippen LogP contribution in [-0.4, -0.2) is 27.9 Å². The van der Waals surface area contributed by atoms with Crippen molar-refractivity contribution in [1.82, 2.24) is 5.32 Å². The van der Waals surface area contributed by atoms with Crippen molar-refractivity contribution in [3.8, 4) is 0 Å². The Morgan fingerprint density at radius 2 is 1.88 bits per heavy atom. The summed E-state index contributed by atoms with van der Waals surface area (Å²) in [4.78, 5) is 10.1. The van der Waals surface area contributed by atoms with Crippen molar-refractivity contribution in [2.45, 2.75) is 32.1 Å². The minimum atomic E-state index is -3.47. The lowest BCUT2D eigenvalue weighted by Crippen LogP contribution is -2.48. The fourth-order valence-electron chi connectivity index (χ4n) is 1.56. The van der Waals surface area contributed by atoms with Crippen LogP contribution in [-0.2, 0) is 4.57 Å². The molecule has 4 nitrogen and oxygen atoms in total. The minimum Gasteiger partial charge on any atom is -0.394 e. The Labute approximate surface area is 102 Å². The maximum Gasteiger partial charge on any atom is 0.245 e. The van der Waals surface area contributed by atoms with Gasteiger partial charge in [-0.2, -0.15) is 0 Å². The van der Waals surface area contributed by atoms with Crippen molar-refractivity contribution in [1.29, 1.82) is 0 Å². The summed E-state index contributed by atoms with van der Waals surface area (Å²) >= 11 is 0. The Bertz CT molecular complexity index is 405. The van der Waals surface area contributed by atoms with Crippen LogP contribution in [0.3, 0.4) is 0 Å². The smallest absolute Gasteiger partial charge is 0.245 e. The molecule has 1 rings (SSSR count). The van der Waals surface area contributed by atoms with E-state index in [4.69, 9.17) is 5.11 Å². The second kappa shape index (κ2) is 5.32. The van der Waals surface area contributed by atoms with E-state index in [1.54, 1.807) is 51.1 Å². The van der Waals surface area contributed by atoms with Gasteiger partial charge in [0.1, 0.15) is 0 Å². The van der Waals surface area contributed by atoms with Gasteiger partial charge in [-0.3, -0.25) is 9.88 Å². The maximum absolute atomic E-state index is 12.3. The predicted octanol–water partition coefficient (Wildman–Crippen LogP) is 1.29. The van der Waals surface area contributed by atoms with E-state index in [1.165, 1.54) is 0 Å². The van der Waals surface area contributed by atoms with Crippen LogP contribution in [0.15, 0.2) is 30.3 Å². The average molecular weight is 257 g/mol.